The number of hydrogen-bond acceptors (Lipinski definition) is 5. The highest BCUT2D eigenvalue weighted by Crippen LogP contribution is 2.36. The van der Waals surface area contributed by atoms with Crippen LogP contribution in [0.4, 0.5) is 0 Å². The molecule has 2 heterocycles. The van der Waals surface area contributed by atoms with E-state index in [1.807, 2.05) is 37.3 Å². The third-order valence-corrected chi connectivity index (χ3v) is 4.22. The molecular formula is C21H16O5. The average Bonchev–Trinajstić information content (AvgIpc) is 2.90. The summed E-state index contributed by atoms with van der Waals surface area (Å²) >= 11 is 0. The van der Waals surface area contributed by atoms with Crippen LogP contribution in [0.1, 0.15) is 29.8 Å². The second-order valence-electron chi connectivity index (χ2n) is 6.13. The van der Waals surface area contributed by atoms with Gasteiger partial charge in [0, 0.05) is 18.6 Å². The van der Waals surface area contributed by atoms with Crippen molar-refractivity contribution in [3.8, 4) is 17.2 Å². The fourth-order valence-corrected chi connectivity index (χ4v) is 2.97. The van der Waals surface area contributed by atoms with E-state index in [0.29, 0.717) is 17.1 Å². The lowest BCUT2D eigenvalue weighted by Gasteiger charge is -2.22. The Labute approximate surface area is 150 Å². The molecule has 0 unspecified atom stereocenters. The number of carbonyl (C=O) groups excluding carboxylic acids is 2. The summed E-state index contributed by atoms with van der Waals surface area (Å²) in [7, 11) is 0. The van der Waals surface area contributed by atoms with Gasteiger partial charge in [0.15, 0.2) is 5.76 Å². The fraction of sp³-hybridized carbons (Fsp3) is 0.143. The fourth-order valence-electron chi connectivity index (χ4n) is 2.97. The molecule has 0 bridgehead atoms. The van der Waals surface area contributed by atoms with Crippen molar-refractivity contribution in [3.05, 3.63) is 71.0 Å². The zero-order valence-electron chi connectivity index (χ0n) is 14.3. The molecule has 1 atom stereocenters. The number of fused-ring (bicyclic) bond motifs is 2. The van der Waals surface area contributed by atoms with Crippen LogP contribution < -0.4 is 14.2 Å². The molecule has 0 saturated heterocycles. The lowest BCUT2D eigenvalue weighted by molar-refractivity contribution is -0.131. The summed E-state index contributed by atoms with van der Waals surface area (Å²) in [5, 5.41) is 0. The smallest absolute Gasteiger partial charge is 0.308 e. The van der Waals surface area contributed by atoms with Crippen LogP contribution in [0.25, 0.3) is 6.08 Å². The molecule has 4 rings (SSSR count). The zero-order valence-corrected chi connectivity index (χ0v) is 14.3. The van der Waals surface area contributed by atoms with Crippen LogP contribution in [0.15, 0.2) is 59.9 Å². The van der Waals surface area contributed by atoms with E-state index in [1.165, 1.54) is 6.92 Å². The van der Waals surface area contributed by atoms with E-state index < -0.39 is 5.97 Å². The number of esters is 1. The average molecular weight is 348 g/mol. The van der Waals surface area contributed by atoms with Gasteiger partial charge in [-0.2, -0.15) is 0 Å². The summed E-state index contributed by atoms with van der Waals surface area (Å²) in [6.07, 6.45) is 3.49. The van der Waals surface area contributed by atoms with E-state index in [9.17, 15) is 9.59 Å². The van der Waals surface area contributed by atoms with Crippen LogP contribution in [-0.4, -0.2) is 17.9 Å². The maximum atomic E-state index is 12.6. The van der Waals surface area contributed by atoms with E-state index in [2.05, 4.69) is 0 Å². The molecule has 2 aromatic carbocycles. The van der Waals surface area contributed by atoms with Gasteiger partial charge < -0.3 is 14.2 Å². The van der Waals surface area contributed by atoms with Gasteiger partial charge in [0.2, 0.25) is 5.78 Å². The molecular weight excluding hydrogens is 332 g/mol. The topological polar surface area (TPSA) is 61.8 Å². The molecule has 26 heavy (non-hydrogen) atoms. The highest BCUT2D eigenvalue weighted by molar-refractivity contribution is 6.12. The molecule has 0 amide bonds. The van der Waals surface area contributed by atoms with Crippen LogP contribution >= 0.6 is 0 Å². The Hall–Kier alpha value is -3.34. The third kappa shape index (κ3) is 2.88. The molecule has 5 heteroatoms. The molecule has 2 aromatic rings. The van der Waals surface area contributed by atoms with E-state index in [1.54, 1.807) is 24.3 Å². The maximum absolute atomic E-state index is 12.6. The van der Waals surface area contributed by atoms with Crippen molar-refractivity contribution in [2.45, 2.75) is 20.0 Å². The van der Waals surface area contributed by atoms with Gasteiger partial charge in [0.25, 0.3) is 0 Å². The van der Waals surface area contributed by atoms with Gasteiger partial charge in [-0.3, -0.25) is 9.59 Å². The molecule has 0 N–H and O–H groups in total. The Balaban J connectivity index is 1.66. The molecule has 2 aliphatic rings. The second kappa shape index (κ2) is 6.19. The maximum Gasteiger partial charge on any atom is 0.308 e. The first kappa shape index (κ1) is 16.1. The van der Waals surface area contributed by atoms with Gasteiger partial charge in [0.05, 0.1) is 5.56 Å². The Morgan fingerprint density at radius 3 is 2.77 bits per heavy atom. The molecule has 0 fully saturated rings. The van der Waals surface area contributed by atoms with Crippen molar-refractivity contribution in [1.29, 1.82) is 0 Å². The highest BCUT2D eigenvalue weighted by Gasteiger charge is 2.29. The van der Waals surface area contributed by atoms with Gasteiger partial charge in [-0.1, -0.05) is 18.2 Å². The van der Waals surface area contributed by atoms with Crippen molar-refractivity contribution in [2.24, 2.45) is 0 Å². The number of ketones is 1. The van der Waals surface area contributed by atoms with E-state index in [4.69, 9.17) is 14.2 Å². The third-order valence-electron chi connectivity index (χ3n) is 4.22. The minimum absolute atomic E-state index is 0.200. The van der Waals surface area contributed by atoms with Crippen molar-refractivity contribution >= 4 is 17.8 Å². The molecule has 2 aliphatic heterocycles. The molecule has 0 spiro atoms. The minimum Gasteiger partial charge on any atom is -0.485 e. The van der Waals surface area contributed by atoms with Crippen LogP contribution in [0.5, 0.6) is 17.2 Å². The van der Waals surface area contributed by atoms with Crippen LogP contribution in [0.2, 0.25) is 0 Å². The van der Waals surface area contributed by atoms with E-state index in [-0.39, 0.29) is 17.6 Å². The summed E-state index contributed by atoms with van der Waals surface area (Å²) in [5.74, 6) is 1.12. The molecule has 0 aliphatic carbocycles. The number of para-hydroxylation sites is 1. The number of rotatable bonds is 2. The minimum atomic E-state index is -0.429. The molecule has 0 saturated carbocycles. The SMILES string of the molecule is CC(=O)Oc1ccc2c(c1)O/C(=C/C1=Cc3ccccc3O[C@@H]1C)C2=O. The summed E-state index contributed by atoms with van der Waals surface area (Å²) in [6, 6.07) is 12.4. The number of Topliss-reactive ketones (excluding diaryl/α,β-unsaturated/α-hetero) is 1. The normalized spacial score (nSPS) is 19.2. The summed E-state index contributed by atoms with van der Waals surface area (Å²) in [6.45, 7) is 3.24. The predicted octanol–water partition coefficient (Wildman–Crippen LogP) is 3.94. The Kier molecular flexibility index (Phi) is 3.84. The van der Waals surface area contributed by atoms with E-state index >= 15 is 0 Å². The summed E-state index contributed by atoms with van der Waals surface area (Å²) in [5.41, 5.74) is 2.25. The molecule has 5 nitrogen and oxygen atoms in total. The summed E-state index contributed by atoms with van der Waals surface area (Å²) in [4.78, 5) is 23.7. The van der Waals surface area contributed by atoms with Crippen molar-refractivity contribution < 1.29 is 23.8 Å². The predicted molar refractivity (Wildman–Crippen MR) is 95.3 cm³/mol. The first-order valence-corrected chi connectivity index (χ1v) is 8.25. The first-order valence-electron chi connectivity index (χ1n) is 8.25. The molecule has 0 radical (unpaired) electrons. The lowest BCUT2D eigenvalue weighted by atomic mass is 10.0. The van der Waals surface area contributed by atoms with E-state index in [0.717, 1.165) is 16.9 Å². The lowest BCUT2D eigenvalue weighted by Crippen LogP contribution is -2.18. The number of ether oxygens (including phenoxy) is 3. The van der Waals surface area contributed by atoms with Gasteiger partial charge in [-0.05, 0) is 42.8 Å². The van der Waals surface area contributed by atoms with Crippen molar-refractivity contribution in [1.82, 2.24) is 0 Å². The number of hydrogen-bond donors (Lipinski definition) is 0. The Bertz CT molecular complexity index is 984. The molecule has 0 aromatic heterocycles. The standard InChI is InChI=1S/C21H16O5/c1-12-15(9-14-5-3-4-6-18(14)24-12)10-20-21(23)17-8-7-16(25-13(2)22)11-19(17)26-20/h3-12H,1-2H3/b20-10+/t12-/m1/s1. The summed E-state index contributed by atoms with van der Waals surface area (Å²) < 4.78 is 16.6. The van der Waals surface area contributed by atoms with Gasteiger partial charge in [0.1, 0.15) is 23.4 Å². The Morgan fingerprint density at radius 1 is 1.15 bits per heavy atom. The first-order chi connectivity index (χ1) is 12.5. The quantitative estimate of drug-likeness (QED) is 0.467. The Morgan fingerprint density at radius 2 is 1.96 bits per heavy atom. The molecule has 130 valence electrons. The number of allylic oxidation sites excluding steroid dienone is 1. The van der Waals surface area contributed by atoms with Crippen LogP contribution in [-0.2, 0) is 4.79 Å². The number of carbonyl (C=O) groups is 2. The van der Waals surface area contributed by atoms with Crippen molar-refractivity contribution in [2.75, 3.05) is 0 Å². The van der Waals surface area contributed by atoms with Crippen LogP contribution in [0, 0.1) is 0 Å². The van der Waals surface area contributed by atoms with Gasteiger partial charge >= 0.3 is 5.97 Å². The monoisotopic (exact) mass is 348 g/mol. The van der Waals surface area contributed by atoms with Gasteiger partial charge in [-0.15, -0.1) is 0 Å². The van der Waals surface area contributed by atoms with Gasteiger partial charge in [-0.25, -0.2) is 0 Å². The van der Waals surface area contributed by atoms with Crippen LogP contribution in [0.3, 0.4) is 0 Å². The number of benzene rings is 2. The highest BCUT2D eigenvalue weighted by atomic mass is 16.5. The zero-order chi connectivity index (χ0) is 18.3. The second-order valence-corrected chi connectivity index (χ2v) is 6.13. The largest absolute Gasteiger partial charge is 0.485 e. The van der Waals surface area contributed by atoms with Crippen molar-refractivity contribution in [3.63, 3.8) is 0 Å².